The van der Waals surface area contributed by atoms with E-state index in [4.69, 9.17) is 4.52 Å². The van der Waals surface area contributed by atoms with Gasteiger partial charge in [0.1, 0.15) is 5.75 Å². The summed E-state index contributed by atoms with van der Waals surface area (Å²) >= 11 is 3.37. The number of nitrogens with one attached hydrogen (secondary N) is 2. The van der Waals surface area contributed by atoms with Crippen LogP contribution in [-0.2, 0) is 0 Å². The summed E-state index contributed by atoms with van der Waals surface area (Å²) in [6.45, 7) is 1.08. The fourth-order valence-electron chi connectivity index (χ4n) is 3.40. The fourth-order valence-corrected chi connectivity index (χ4v) is 3.66. The van der Waals surface area contributed by atoms with Crippen LogP contribution in [0.2, 0.25) is 0 Å². The lowest BCUT2D eigenvalue weighted by atomic mass is 10.1. The third-order valence-corrected chi connectivity index (χ3v) is 5.62. The maximum atomic E-state index is 12.5. The third kappa shape index (κ3) is 5.24. The third-order valence-electron chi connectivity index (χ3n) is 5.09. The van der Waals surface area contributed by atoms with Crippen LogP contribution in [0.4, 0.5) is 10.5 Å². The highest BCUT2D eigenvalue weighted by atomic mass is 79.9. The van der Waals surface area contributed by atoms with Gasteiger partial charge in [-0.15, -0.1) is 0 Å². The van der Waals surface area contributed by atoms with Crippen molar-refractivity contribution in [2.75, 3.05) is 18.4 Å². The number of nitrogens with zero attached hydrogens (tertiary/aromatic N) is 2. The molecular formula is C22H21BrN4O4. The van der Waals surface area contributed by atoms with Gasteiger partial charge in [0.25, 0.3) is 5.91 Å². The Bertz CT molecular complexity index is 1080. The second-order valence-electron chi connectivity index (χ2n) is 7.30. The number of likely N-dealkylation sites (tertiary alicyclic amines) is 1. The Morgan fingerprint density at radius 3 is 2.55 bits per heavy atom. The first kappa shape index (κ1) is 20.9. The van der Waals surface area contributed by atoms with E-state index in [2.05, 4.69) is 31.7 Å². The fraction of sp³-hybridized carbons (Fsp3) is 0.227. The molecule has 1 saturated heterocycles. The predicted molar refractivity (Wildman–Crippen MR) is 119 cm³/mol. The summed E-state index contributed by atoms with van der Waals surface area (Å²) in [5, 5.41) is 19.3. The minimum Gasteiger partial charge on any atom is -0.508 e. The number of amides is 3. The van der Waals surface area contributed by atoms with E-state index in [0.29, 0.717) is 37.3 Å². The van der Waals surface area contributed by atoms with Crippen molar-refractivity contribution < 1.29 is 19.2 Å². The molecule has 0 atom stereocenters. The number of rotatable bonds is 4. The van der Waals surface area contributed by atoms with Crippen LogP contribution in [0.3, 0.4) is 0 Å². The Hall–Kier alpha value is -3.33. The van der Waals surface area contributed by atoms with Gasteiger partial charge < -0.3 is 25.2 Å². The average molecular weight is 485 g/mol. The van der Waals surface area contributed by atoms with Crippen LogP contribution in [-0.4, -0.2) is 46.2 Å². The minimum atomic E-state index is -0.326. The molecule has 9 heteroatoms. The molecule has 3 amide bonds. The zero-order valence-corrected chi connectivity index (χ0v) is 18.1. The van der Waals surface area contributed by atoms with Gasteiger partial charge in [0.15, 0.2) is 11.5 Å². The summed E-state index contributed by atoms with van der Waals surface area (Å²) < 4.78 is 6.19. The molecule has 3 aromatic rings. The SMILES string of the molecule is O=C(NC1CCN(C(=O)Nc2ccc(Br)cc2)CC1)c1cc(-c2cccc(O)c2)on1. The Morgan fingerprint density at radius 2 is 1.84 bits per heavy atom. The summed E-state index contributed by atoms with van der Waals surface area (Å²) in [5.74, 6) is 0.184. The molecule has 0 saturated carbocycles. The molecule has 0 aliphatic carbocycles. The van der Waals surface area contributed by atoms with Gasteiger partial charge in [-0.05, 0) is 49.2 Å². The first-order chi connectivity index (χ1) is 15.0. The number of carbonyl (C=O) groups excluding carboxylic acids is 2. The van der Waals surface area contributed by atoms with E-state index in [1.807, 2.05) is 24.3 Å². The highest BCUT2D eigenvalue weighted by Crippen LogP contribution is 2.24. The minimum absolute atomic E-state index is 0.0508. The van der Waals surface area contributed by atoms with Gasteiger partial charge in [-0.3, -0.25) is 4.79 Å². The molecule has 1 fully saturated rings. The summed E-state index contributed by atoms with van der Waals surface area (Å²) in [7, 11) is 0. The monoisotopic (exact) mass is 484 g/mol. The molecule has 160 valence electrons. The maximum Gasteiger partial charge on any atom is 0.321 e. The number of hydrogen-bond acceptors (Lipinski definition) is 5. The number of urea groups is 1. The Kier molecular flexibility index (Phi) is 6.22. The highest BCUT2D eigenvalue weighted by molar-refractivity contribution is 9.10. The number of piperidine rings is 1. The van der Waals surface area contributed by atoms with Crippen molar-refractivity contribution in [3.63, 3.8) is 0 Å². The molecule has 3 N–H and O–H groups in total. The lowest BCUT2D eigenvalue weighted by Gasteiger charge is -2.32. The van der Waals surface area contributed by atoms with E-state index in [9.17, 15) is 14.7 Å². The van der Waals surface area contributed by atoms with Crippen molar-refractivity contribution >= 4 is 33.6 Å². The van der Waals surface area contributed by atoms with Crippen molar-refractivity contribution in [2.24, 2.45) is 0 Å². The standard InChI is InChI=1S/C22H21BrN4O4/c23-15-4-6-16(7-5-15)25-22(30)27-10-8-17(9-11-27)24-21(29)19-13-20(31-26-19)14-2-1-3-18(28)12-14/h1-7,12-13,17,28H,8-11H2,(H,24,29)(H,25,30). The van der Waals surface area contributed by atoms with E-state index in [1.165, 1.54) is 6.07 Å². The average Bonchev–Trinajstić information content (AvgIpc) is 3.26. The van der Waals surface area contributed by atoms with Crippen LogP contribution in [0.5, 0.6) is 5.75 Å². The van der Waals surface area contributed by atoms with Gasteiger partial charge in [0.05, 0.1) is 0 Å². The molecule has 8 nitrogen and oxygen atoms in total. The van der Waals surface area contributed by atoms with Crippen LogP contribution in [0.25, 0.3) is 11.3 Å². The van der Waals surface area contributed by atoms with Crippen LogP contribution >= 0.6 is 15.9 Å². The Morgan fingerprint density at radius 1 is 1.10 bits per heavy atom. The van der Waals surface area contributed by atoms with Gasteiger partial charge in [-0.25, -0.2) is 4.79 Å². The number of aromatic nitrogens is 1. The summed E-state index contributed by atoms with van der Waals surface area (Å²) in [6.07, 6.45) is 1.30. The number of phenols is 1. The molecular weight excluding hydrogens is 464 g/mol. The topological polar surface area (TPSA) is 108 Å². The van der Waals surface area contributed by atoms with Gasteiger partial charge in [-0.1, -0.05) is 33.2 Å². The molecule has 0 spiro atoms. The number of hydrogen-bond donors (Lipinski definition) is 3. The van der Waals surface area contributed by atoms with Crippen molar-refractivity contribution in [3.8, 4) is 17.1 Å². The first-order valence-electron chi connectivity index (χ1n) is 9.86. The van der Waals surface area contributed by atoms with Crippen LogP contribution in [0.15, 0.2) is 63.6 Å². The van der Waals surface area contributed by atoms with Gasteiger partial charge >= 0.3 is 6.03 Å². The zero-order chi connectivity index (χ0) is 21.8. The second-order valence-corrected chi connectivity index (χ2v) is 8.21. The first-order valence-corrected chi connectivity index (χ1v) is 10.7. The Balaban J connectivity index is 1.28. The molecule has 31 heavy (non-hydrogen) atoms. The molecule has 2 aromatic carbocycles. The lowest BCUT2D eigenvalue weighted by Crippen LogP contribution is -2.47. The van der Waals surface area contributed by atoms with E-state index in [0.717, 1.165) is 10.2 Å². The van der Waals surface area contributed by atoms with E-state index in [1.54, 1.807) is 29.2 Å². The second kappa shape index (κ2) is 9.22. The molecule has 0 unspecified atom stereocenters. The molecule has 1 aliphatic rings. The predicted octanol–water partition coefficient (Wildman–Crippen LogP) is 4.24. The molecule has 4 rings (SSSR count). The lowest BCUT2D eigenvalue weighted by molar-refractivity contribution is 0.0910. The van der Waals surface area contributed by atoms with Gasteiger partial charge in [0.2, 0.25) is 0 Å². The number of anilines is 1. The van der Waals surface area contributed by atoms with Crippen LogP contribution in [0, 0.1) is 0 Å². The van der Waals surface area contributed by atoms with Crippen LogP contribution in [0.1, 0.15) is 23.3 Å². The molecule has 2 heterocycles. The molecule has 1 aliphatic heterocycles. The summed E-state index contributed by atoms with van der Waals surface area (Å²) in [5.41, 5.74) is 1.54. The quantitative estimate of drug-likeness (QED) is 0.513. The van der Waals surface area contributed by atoms with Gasteiger partial charge in [-0.2, -0.15) is 0 Å². The van der Waals surface area contributed by atoms with Crippen molar-refractivity contribution in [2.45, 2.75) is 18.9 Å². The van der Waals surface area contributed by atoms with E-state index in [-0.39, 0.29) is 29.4 Å². The normalized spacial score (nSPS) is 14.3. The molecule has 0 bridgehead atoms. The molecule has 0 radical (unpaired) electrons. The number of aromatic hydroxyl groups is 1. The number of carbonyl (C=O) groups is 2. The number of benzene rings is 2. The number of phenolic OH excluding ortho intramolecular Hbond substituents is 1. The highest BCUT2D eigenvalue weighted by Gasteiger charge is 2.25. The van der Waals surface area contributed by atoms with E-state index >= 15 is 0 Å². The summed E-state index contributed by atoms with van der Waals surface area (Å²) in [6, 6.07) is 15.3. The van der Waals surface area contributed by atoms with Crippen molar-refractivity contribution in [1.82, 2.24) is 15.4 Å². The smallest absolute Gasteiger partial charge is 0.321 e. The van der Waals surface area contributed by atoms with Crippen molar-refractivity contribution in [3.05, 3.63) is 64.8 Å². The van der Waals surface area contributed by atoms with Crippen molar-refractivity contribution in [1.29, 1.82) is 0 Å². The van der Waals surface area contributed by atoms with E-state index < -0.39 is 0 Å². The molecule has 1 aromatic heterocycles. The largest absolute Gasteiger partial charge is 0.508 e. The Labute approximate surface area is 187 Å². The summed E-state index contributed by atoms with van der Waals surface area (Å²) in [4.78, 5) is 26.7. The zero-order valence-electron chi connectivity index (χ0n) is 16.5. The number of halogens is 1. The van der Waals surface area contributed by atoms with Crippen LogP contribution < -0.4 is 10.6 Å². The maximum absolute atomic E-state index is 12.5. The van der Waals surface area contributed by atoms with Gasteiger partial charge in [0, 0.05) is 40.9 Å².